The monoisotopic (exact) mass is 408 g/mol. The SMILES string of the molecule is Cc1cc(C(=O)N(CCC(=O)NCc2ccccc2)Cc2ccc(F)cc2)c(C)o1. The van der Waals surface area contributed by atoms with Crippen molar-refractivity contribution in [3.8, 4) is 0 Å². The molecule has 3 aromatic rings. The first kappa shape index (κ1) is 21.3. The molecule has 5 nitrogen and oxygen atoms in total. The van der Waals surface area contributed by atoms with Gasteiger partial charge in [-0.15, -0.1) is 0 Å². The number of carbonyl (C=O) groups is 2. The third-order valence-electron chi connectivity index (χ3n) is 4.79. The number of carbonyl (C=O) groups excluding carboxylic acids is 2. The van der Waals surface area contributed by atoms with Crippen LogP contribution in [0.1, 0.15) is 39.4 Å². The highest BCUT2D eigenvalue weighted by Crippen LogP contribution is 2.18. The molecule has 3 rings (SSSR count). The summed E-state index contributed by atoms with van der Waals surface area (Å²) in [6.07, 6.45) is 0.162. The lowest BCUT2D eigenvalue weighted by atomic mass is 10.1. The lowest BCUT2D eigenvalue weighted by Crippen LogP contribution is -2.35. The minimum absolute atomic E-state index is 0.143. The number of hydrogen-bond acceptors (Lipinski definition) is 3. The summed E-state index contributed by atoms with van der Waals surface area (Å²) in [5.74, 6) is 0.493. The first-order valence-corrected chi connectivity index (χ1v) is 9.84. The van der Waals surface area contributed by atoms with Crippen molar-refractivity contribution in [2.75, 3.05) is 6.54 Å². The van der Waals surface area contributed by atoms with Gasteiger partial charge in [-0.1, -0.05) is 42.5 Å². The van der Waals surface area contributed by atoms with Gasteiger partial charge in [0.2, 0.25) is 5.91 Å². The van der Waals surface area contributed by atoms with Gasteiger partial charge >= 0.3 is 0 Å². The van der Waals surface area contributed by atoms with Crippen LogP contribution in [-0.2, 0) is 17.9 Å². The zero-order valence-corrected chi connectivity index (χ0v) is 17.2. The Morgan fingerprint density at radius 1 is 1.00 bits per heavy atom. The Hall–Kier alpha value is -3.41. The van der Waals surface area contributed by atoms with E-state index in [1.54, 1.807) is 36.9 Å². The number of benzene rings is 2. The Bertz CT molecular complexity index is 997. The van der Waals surface area contributed by atoms with E-state index in [0.717, 1.165) is 11.1 Å². The molecule has 6 heteroatoms. The molecule has 0 aliphatic rings. The summed E-state index contributed by atoms with van der Waals surface area (Å²) in [6.45, 7) is 4.47. The summed E-state index contributed by atoms with van der Waals surface area (Å²) >= 11 is 0. The van der Waals surface area contributed by atoms with Crippen LogP contribution in [0.5, 0.6) is 0 Å². The quantitative estimate of drug-likeness (QED) is 0.602. The maximum atomic E-state index is 13.2. The van der Waals surface area contributed by atoms with Crippen molar-refractivity contribution in [1.29, 1.82) is 0 Å². The number of nitrogens with zero attached hydrogens (tertiary/aromatic N) is 1. The van der Waals surface area contributed by atoms with Crippen LogP contribution in [0.2, 0.25) is 0 Å². The molecule has 2 aromatic carbocycles. The smallest absolute Gasteiger partial charge is 0.257 e. The Labute approximate surface area is 175 Å². The average Bonchev–Trinajstić information content (AvgIpc) is 3.09. The summed E-state index contributed by atoms with van der Waals surface area (Å²) in [7, 11) is 0. The first-order valence-electron chi connectivity index (χ1n) is 9.84. The van der Waals surface area contributed by atoms with Crippen LogP contribution in [0.4, 0.5) is 4.39 Å². The molecule has 0 unspecified atom stereocenters. The van der Waals surface area contributed by atoms with Crippen molar-refractivity contribution in [1.82, 2.24) is 10.2 Å². The second kappa shape index (κ2) is 9.87. The molecule has 0 saturated heterocycles. The fraction of sp³-hybridized carbons (Fsp3) is 0.250. The van der Waals surface area contributed by atoms with Gasteiger partial charge in [-0.3, -0.25) is 9.59 Å². The van der Waals surface area contributed by atoms with Gasteiger partial charge in [0.1, 0.15) is 17.3 Å². The summed E-state index contributed by atoms with van der Waals surface area (Å²) < 4.78 is 18.7. The van der Waals surface area contributed by atoms with E-state index in [2.05, 4.69) is 5.32 Å². The van der Waals surface area contributed by atoms with Crippen molar-refractivity contribution in [3.05, 3.63) is 94.7 Å². The van der Waals surface area contributed by atoms with Crippen molar-refractivity contribution in [2.24, 2.45) is 0 Å². The summed E-state index contributed by atoms with van der Waals surface area (Å²) in [4.78, 5) is 27.0. The standard InChI is InChI=1S/C24H25FN2O3/c1-17-14-22(18(2)30-17)24(29)27(16-20-8-10-21(25)11-9-20)13-12-23(28)26-15-19-6-4-3-5-7-19/h3-11,14H,12-13,15-16H2,1-2H3,(H,26,28). The zero-order chi connectivity index (χ0) is 21.5. The predicted molar refractivity (Wildman–Crippen MR) is 112 cm³/mol. The summed E-state index contributed by atoms with van der Waals surface area (Å²) in [5.41, 5.74) is 2.27. The van der Waals surface area contributed by atoms with Crippen LogP contribution in [0, 0.1) is 19.7 Å². The third-order valence-corrected chi connectivity index (χ3v) is 4.79. The molecule has 1 N–H and O–H groups in total. The number of nitrogens with one attached hydrogen (secondary N) is 1. The second-order valence-corrected chi connectivity index (χ2v) is 7.19. The van der Waals surface area contributed by atoms with E-state index in [4.69, 9.17) is 4.42 Å². The Morgan fingerprint density at radius 3 is 2.33 bits per heavy atom. The largest absolute Gasteiger partial charge is 0.466 e. The van der Waals surface area contributed by atoms with E-state index in [1.165, 1.54) is 12.1 Å². The number of halogens is 1. The van der Waals surface area contributed by atoms with Gasteiger partial charge in [-0.25, -0.2) is 4.39 Å². The van der Waals surface area contributed by atoms with Crippen molar-refractivity contribution >= 4 is 11.8 Å². The van der Waals surface area contributed by atoms with Gasteiger partial charge in [-0.05, 0) is 43.2 Å². The van der Waals surface area contributed by atoms with Gasteiger partial charge in [-0.2, -0.15) is 0 Å². The van der Waals surface area contributed by atoms with Crippen LogP contribution < -0.4 is 5.32 Å². The van der Waals surface area contributed by atoms with E-state index in [1.807, 2.05) is 30.3 Å². The van der Waals surface area contributed by atoms with Crippen LogP contribution in [0.3, 0.4) is 0 Å². The van der Waals surface area contributed by atoms with E-state index < -0.39 is 0 Å². The second-order valence-electron chi connectivity index (χ2n) is 7.19. The molecule has 2 amide bonds. The molecule has 0 saturated carbocycles. The maximum absolute atomic E-state index is 13.2. The molecule has 1 aromatic heterocycles. The molecule has 1 heterocycles. The molecule has 0 bridgehead atoms. The molecule has 0 radical (unpaired) electrons. The highest BCUT2D eigenvalue weighted by Gasteiger charge is 2.21. The fourth-order valence-corrected chi connectivity index (χ4v) is 3.20. The Kier molecular flexibility index (Phi) is 7.01. The van der Waals surface area contributed by atoms with Crippen LogP contribution in [0.15, 0.2) is 65.1 Å². The molecule has 0 atom stereocenters. The van der Waals surface area contributed by atoms with Crippen LogP contribution in [-0.4, -0.2) is 23.3 Å². The predicted octanol–water partition coefficient (Wildman–Crippen LogP) is 4.38. The number of amides is 2. The topological polar surface area (TPSA) is 62.6 Å². The zero-order valence-electron chi connectivity index (χ0n) is 17.2. The number of aryl methyl sites for hydroxylation is 2. The first-order chi connectivity index (χ1) is 14.4. The van der Waals surface area contributed by atoms with Crippen molar-refractivity contribution in [3.63, 3.8) is 0 Å². The summed E-state index contributed by atoms with van der Waals surface area (Å²) in [6, 6.07) is 17.3. The number of rotatable bonds is 8. The summed E-state index contributed by atoms with van der Waals surface area (Å²) in [5, 5.41) is 2.87. The minimum atomic E-state index is -0.335. The van der Waals surface area contributed by atoms with Gasteiger partial charge in [0.15, 0.2) is 0 Å². The fourth-order valence-electron chi connectivity index (χ4n) is 3.20. The number of hydrogen-bond donors (Lipinski definition) is 1. The van der Waals surface area contributed by atoms with E-state index in [0.29, 0.717) is 23.6 Å². The minimum Gasteiger partial charge on any atom is -0.466 e. The highest BCUT2D eigenvalue weighted by molar-refractivity contribution is 5.95. The molecule has 0 aliphatic heterocycles. The van der Waals surface area contributed by atoms with E-state index >= 15 is 0 Å². The van der Waals surface area contributed by atoms with E-state index in [9.17, 15) is 14.0 Å². The van der Waals surface area contributed by atoms with Gasteiger partial charge in [0, 0.05) is 26.1 Å². The lowest BCUT2D eigenvalue weighted by Gasteiger charge is -2.22. The molecular weight excluding hydrogens is 383 g/mol. The highest BCUT2D eigenvalue weighted by atomic mass is 19.1. The van der Waals surface area contributed by atoms with E-state index in [-0.39, 0.29) is 37.1 Å². The van der Waals surface area contributed by atoms with Crippen molar-refractivity contribution < 1.29 is 18.4 Å². The maximum Gasteiger partial charge on any atom is 0.257 e. The molecule has 0 aliphatic carbocycles. The van der Waals surface area contributed by atoms with Gasteiger partial charge in [0.05, 0.1) is 5.56 Å². The molecule has 156 valence electrons. The Balaban J connectivity index is 1.67. The normalized spacial score (nSPS) is 10.6. The van der Waals surface area contributed by atoms with Crippen LogP contribution >= 0.6 is 0 Å². The lowest BCUT2D eigenvalue weighted by molar-refractivity contribution is -0.121. The van der Waals surface area contributed by atoms with Crippen LogP contribution in [0.25, 0.3) is 0 Å². The molecular formula is C24H25FN2O3. The van der Waals surface area contributed by atoms with Gasteiger partial charge < -0.3 is 14.6 Å². The molecule has 30 heavy (non-hydrogen) atoms. The molecule has 0 fully saturated rings. The Morgan fingerprint density at radius 2 is 1.70 bits per heavy atom. The molecule has 0 spiro atoms. The number of furan rings is 1. The van der Waals surface area contributed by atoms with Gasteiger partial charge in [0.25, 0.3) is 5.91 Å². The average molecular weight is 408 g/mol. The third kappa shape index (κ3) is 5.80. The van der Waals surface area contributed by atoms with Crippen molar-refractivity contribution in [2.45, 2.75) is 33.4 Å².